The number of hydroxylamine groups is 2. The zero-order valence-corrected chi connectivity index (χ0v) is 39.2. The maximum absolute atomic E-state index is 17.4. The lowest BCUT2D eigenvalue weighted by atomic mass is 10.1. The molecule has 16 nitrogen and oxygen atoms in total. The van der Waals surface area contributed by atoms with Crippen LogP contribution in [0.2, 0.25) is 5.02 Å². The number of anilines is 5. The van der Waals surface area contributed by atoms with Gasteiger partial charge in [-0.15, -0.1) is 5.06 Å². The molecule has 2 heterocycles. The predicted molar refractivity (Wildman–Crippen MR) is 249 cm³/mol. The molecule has 21 heteroatoms. The number of imidazole rings is 2. The van der Waals surface area contributed by atoms with Crippen molar-refractivity contribution < 1.29 is 48.5 Å². The highest BCUT2D eigenvalue weighted by molar-refractivity contribution is 9.10. The second-order valence-corrected chi connectivity index (χ2v) is 17.9. The van der Waals surface area contributed by atoms with Crippen LogP contribution in [-0.2, 0) is 22.8 Å². The van der Waals surface area contributed by atoms with E-state index in [0.29, 0.717) is 22.1 Å². The van der Waals surface area contributed by atoms with Crippen molar-refractivity contribution in [3.05, 3.63) is 97.2 Å². The van der Waals surface area contributed by atoms with Crippen molar-refractivity contribution in [3.8, 4) is 0 Å². The molecule has 4 aromatic carbocycles. The van der Waals surface area contributed by atoms with E-state index in [1.807, 2.05) is 6.07 Å². The summed E-state index contributed by atoms with van der Waals surface area (Å²) >= 11 is 13.3. The first-order valence-corrected chi connectivity index (χ1v) is 22.8. The number of aliphatic hydroxyl groups excluding tert-OH is 4. The van der Waals surface area contributed by atoms with Crippen molar-refractivity contribution in [2.24, 2.45) is 5.92 Å². The van der Waals surface area contributed by atoms with Gasteiger partial charge in [0.2, 0.25) is 5.95 Å². The lowest BCUT2D eigenvalue weighted by molar-refractivity contribution is 0.0169. The smallest absolute Gasteiger partial charge is 0.287 e. The molecule has 1 aliphatic carbocycles. The molecule has 0 radical (unpaired) electrons. The van der Waals surface area contributed by atoms with E-state index in [2.05, 4.69) is 57.9 Å². The fraction of sp³-hybridized carbons (Fsp3) is 0.364. The molecule has 0 saturated heterocycles. The van der Waals surface area contributed by atoms with E-state index in [1.54, 1.807) is 48.7 Å². The molecular formula is C44H47Br2ClF2N8O8. The number of benzene rings is 4. The van der Waals surface area contributed by atoms with Crippen LogP contribution in [0.4, 0.5) is 37.5 Å². The monoisotopic (exact) mass is 1050 g/mol. The van der Waals surface area contributed by atoms with Gasteiger partial charge in [0.1, 0.15) is 11.0 Å². The van der Waals surface area contributed by atoms with Gasteiger partial charge in [-0.3, -0.25) is 19.3 Å². The van der Waals surface area contributed by atoms with Crippen molar-refractivity contribution >= 4 is 106 Å². The van der Waals surface area contributed by atoms with E-state index in [4.69, 9.17) is 21.3 Å². The van der Waals surface area contributed by atoms with Gasteiger partial charge in [0, 0.05) is 27.7 Å². The van der Waals surface area contributed by atoms with Gasteiger partial charge in [-0.2, -0.15) is 0 Å². The van der Waals surface area contributed by atoms with Crippen LogP contribution >= 0.6 is 43.5 Å². The Balaban J connectivity index is 1.45. The molecule has 346 valence electrons. The van der Waals surface area contributed by atoms with Crippen LogP contribution in [0, 0.1) is 24.5 Å². The first kappa shape index (κ1) is 48.2. The minimum Gasteiger partial charge on any atom is -0.394 e. The second kappa shape index (κ2) is 21.2. The molecule has 0 aliphatic heterocycles. The molecule has 1 fully saturated rings. The normalized spacial score (nSPS) is 13.6. The van der Waals surface area contributed by atoms with Gasteiger partial charge in [0.15, 0.2) is 11.6 Å². The number of halogens is 5. The standard InChI is InChI=1S/C44H47Br2ClF2N8O8/c1-3-27(60)11-13-56-35-18-29(42(62)54-64-15-14-58)38(52-33-9-7-26(46)17-31(33)47)37(49)41(35)53-44(56)57(65-21-24-4-5-24)43(63)30-19-34-40(50-22-55(34)12-10-28(61)20-59)36(48)39(30)51-32-8-6-25(45)16-23(32)2/h6-9,16-19,22,24,27-28,51-52,58-61H,3-5,10-15,20-21H2,1-2H3,(H,54,62). The Morgan fingerprint density at radius 2 is 1.58 bits per heavy atom. The number of carbonyl (C=O) groups is 2. The Bertz CT molecular complexity index is 2720. The Labute approximate surface area is 393 Å². The Morgan fingerprint density at radius 3 is 2.26 bits per heavy atom. The molecule has 7 rings (SSSR count). The van der Waals surface area contributed by atoms with Crippen molar-refractivity contribution in [2.75, 3.05) is 42.1 Å². The van der Waals surface area contributed by atoms with Crippen molar-refractivity contribution in [1.82, 2.24) is 24.6 Å². The van der Waals surface area contributed by atoms with Crippen LogP contribution in [0.3, 0.4) is 0 Å². The van der Waals surface area contributed by atoms with Gasteiger partial charge in [-0.05, 0) is 99.0 Å². The Kier molecular flexibility index (Phi) is 15.7. The highest BCUT2D eigenvalue weighted by atomic mass is 79.9. The molecule has 2 unspecified atom stereocenters. The Morgan fingerprint density at radius 1 is 0.923 bits per heavy atom. The number of carbonyl (C=O) groups excluding carboxylic acids is 2. The highest BCUT2D eigenvalue weighted by Gasteiger charge is 2.35. The van der Waals surface area contributed by atoms with Crippen LogP contribution in [0.5, 0.6) is 0 Å². The van der Waals surface area contributed by atoms with Gasteiger partial charge in [-0.1, -0.05) is 50.4 Å². The van der Waals surface area contributed by atoms with E-state index in [0.717, 1.165) is 22.4 Å². The van der Waals surface area contributed by atoms with Gasteiger partial charge >= 0.3 is 0 Å². The van der Waals surface area contributed by atoms with Gasteiger partial charge < -0.3 is 40.2 Å². The number of aliphatic hydroxyl groups is 4. The summed E-state index contributed by atoms with van der Waals surface area (Å²) in [7, 11) is 0. The quantitative estimate of drug-likeness (QED) is 0.0269. The zero-order valence-electron chi connectivity index (χ0n) is 35.3. The number of rotatable bonds is 21. The largest absolute Gasteiger partial charge is 0.394 e. The fourth-order valence-electron chi connectivity index (χ4n) is 7.00. The van der Waals surface area contributed by atoms with E-state index >= 15 is 13.6 Å². The molecule has 65 heavy (non-hydrogen) atoms. The number of nitrogens with one attached hydrogen (secondary N) is 3. The summed E-state index contributed by atoms with van der Waals surface area (Å²) in [6, 6.07) is 12.9. The van der Waals surface area contributed by atoms with Crippen molar-refractivity contribution in [2.45, 2.75) is 71.2 Å². The fourth-order valence-corrected chi connectivity index (χ4v) is 8.19. The summed E-state index contributed by atoms with van der Waals surface area (Å²) in [6.45, 7) is 2.52. The average molecular weight is 1050 g/mol. The minimum absolute atomic E-state index is 0.0272. The van der Waals surface area contributed by atoms with E-state index in [9.17, 15) is 25.2 Å². The predicted octanol–water partition coefficient (Wildman–Crippen LogP) is 8.18. The molecule has 6 aromatic rings. The van der Waals surface area contributed by atoms with Crippen molar-refractivity contribution in [3.63, 3.8) is 0 Å². The van der Waals surface area contributed by atoms with Gasteiger partial charge in [0.05, 0.1) is 89.2 Å². The summed E-state index contributed by atoms with van der Waals surface area (Å²) in [5.74, 6) is -3.86. The van der Waals surface area contributed by atoms with Crippen LogP contribution in [0.15, 0.2) is 63.8 Å². The van der Waals surface area contributed by atoms with Crippen LogP contribution < -0.4 is 21.2 Å². The van der Waals surface area contributed by atoms with Crippen LogP contribution in [0.1, 0.15) is 65.3 Å². The number of hydrogen-bond donors (Lipinski definition) is 7. The molecule has 2 atom stereocenters. The number of amides is 2. The molecule has 2 aromatic heterocycles. The van der Waals surface area contributed by atoms with Gasteiger partial charge in [-0.25, -0.2) is 24.2 Å². The number of nitrogens with zero attached hydrogens (tertiary/aromatic N) is 5. The molecule has 7 N–H and O–H groups in total. The van der Waals surface area contributed by atoms with E-state index < -0.39 is 48.9 Å². The van der Waals surface area contributed by atoms with Crippen LogP contribution in [-0.4, -0.2) is 90.0 Å². The number of hydrogen-bond acceptors (Lipinski definition) is 12. The third kappa shape index (κ3) is 10.9. The first-order valence-electron chi connectivity index (χ1n) is 20.8. The maximum atomic E-state index is 17.4. The number of aromatic nitrogens is 4. The van der Waals surface area contributed by atoms with Crippen LogP contribution in [0.25, 0.3) is 22.1 Å². The lowest BCUT2D eigenvalue weighted by Crippen LogP contribution is -2.35. The first-order chi connectivity index (χ1) is 31.2. The summed E-state index contributed by atoms with van der Waals surface area (Å²) in [5, 5.41) is 46.8. The third-order valence-corrected chi connectivity index (χ3v) is 12.2. The lowest BCUT2D eigenvalue weighted by Gasteiger charge is -2.24. The summed E-state index contributed by atoms with van der Waals surface area (Å²) in [6.07, 6.45) is 1.67. The van der Waals surface area contributed by atoms with Gasteiger partial charge in [0.25, 0.3) is 11.8 Å². The number of aryl methyl sites for hydroxylation is 3. The third-order valence-electron chi connectivity index (χ3n) is 10.9. The maximum Gasteiger partial charge on any atom is 0.287 e. The molecule has 0 spiro atoms. The van der Waals surface area contributed by atoms with Crippen molar-refractivity contribution in [1.29, 1.82) is 0 Å². The topological polar surface area (TPSA) is 208 Å². The summed E-state index contributed by atoms with van der Waals surface area (Å²) < 4.78 is 38.9. The SMILES string of the molecule is CCC(O)CCn1c(N(OCC2CC2)C(=O)c2cc3c(ncn3CCC(O)CO)c(F)c2Nc2ccc(Br)cc2C)nc2c(F)c(Nc3ccc(Br)cc3Cl)c(C(=O)NOCCO)cc21. The minimum atomic E-state index is -1.06. The average Bonchev–Trinajstić information content (AvgIpc) is 3.92. The molecular weight excluding hydrogens is 1000 g/mol. The molecule has 2 amide bonds. The van der Waals surface area contributed by atoms with E-state index in [-0.39, 0.29) is 106 Å². The van der Waals surface area contributed by atoms with E-state index in [1.165, 1.54) is 23.0 Å². The molecule has 1 aliphatic rings. The summed E-state index contributed by atoms with van der Waals surface area (Å²) in [5.41, 5.74) is 2.40. The molecule has 1 saturated carbocycles. The molecule has 0 bridgehead atoms. The zero-order chi connectivity index (χ0) is 46.5. The number of fused-ring (bicyclic) bond motifs is 2. The second-order valence-electron chi connectivity index (χ2n) is 15.6. The highest BCUT2D eigenvalue weighted by Crippen LogP contribution is 2.39. The Hall–Kier alpha value is -4.77. The summed E-state index contributed by atoms with van der Waals surface area (Å²) in [4.78, 5) is 49.7.